The summed E-state index contributed by atoms with van der Waals surface area (Å²) in [6, 6.07) is 3.67. The molecule has 0 radical (unpaired) electrons. The zero-order valence-corrected chi connectivity index (χ0v) is 18.8. The Hall–Kier alpha value is -1.85. The van der Waals surface area contributed by atoms with Crippen LogP contribution in [0.25, 0.3) is 5.57 Å². The van der Waals surface area contributed by atoms with Crippen LogP contribution in [0.2, 0.25) is 5.02 Å². The third-order valence-corrected chi connectivity index (χ3v) is 6.54. The van der Waals surface area contributed by atoms with Gasteiger partial charge in [0.25, 0.3) is 5.91 Å². The lowest BCUT2D eigenvalue weighted by Crippen LogP contribution is -2.51. The molecule has 3 rings (SSSR count). The van der Waals surface area contributed by atoms with Crippen LogP contribution in [0.1, 0.15) is 63.1 Å². The van der Waals surface area contributed by atoms with E-state index in [0.717, 1.165) is 29.5 Å². The van der Waals surface area contributed by atoms with Crippen LogP contribution in [-0.4, -0.2) is 30.1 Å². The molecule has 1 aromatic carbocycles. The predicted molar refractivity (Wildman–Crippen MR) is 114 cm³/mol. The molecule has 1 amide bonds. The van der Waals surface area contributed by atoms with Crippen molar-refractivity contribution in [1.82, 2.24) is 5.32 Å². The molecule has 1 heterocycles. The van der Waals surface area contributed by atoms with Crippen molar-refractivity contribution >= 4 is 29.1 Å². The number of methoxy groups -OCH3 is 1. The van der Waals surface area contributed by atoms with Crippen LogP contribution in [0.3, 0.4) is 0 Å². The van der Waals surface area contributed by atoms with E-state index in [0.29, 0.717) is 29.2 Å². The first kappa shape index (κ1) is 21.8. The van der Waals surface area contributed by atoms with Gasteiger partial charge in [0.15, 0.2) is 0 Å². The third-order valence-electron chi connectivity index (χ3n) is 6.32. The molecule has 0 atom stereocenters. The third kappa shape index (κ3) is 3.95. The molecule has 158 valence electrons. The Balaban J connectivity index is 2.16. The second-order valence-corrected chi connectivity index (χ2v) is 9.32. The fourth-order valence-electron chi connectivity index (χ4n) is 4.34. The lowest BCUT2D eigenvalue weighted by Gasteiger charge is -2.42. The molecule has 1 fully saturated rings. The summed E-state index contributed by atoms with van der Waals surface area (Å²) in [6.07, 6.45) is 2.83. The van der Waals surface area contributed by atoms with Gasteiger partial charge in [-0.1, -0.05) is 25.4 Å². The van der Waals surface area contributed by atoms with Gasteiger partial charge in [-0.25, -0.2) is 0 Å². The number of rotatable bonds is 4. The van der Waals surface area contributed by atoms with Crippen molar-refractivity contribution in [2.75, 3.05) is 7.11 Å². The van der Waals surface area contributed by atoms with Gasteiger partial charge in [-0.2, -0.15) is 0 Å². The van der Waals surface area contributed by atoms with Gasteiger partial charge in [0, 0.05) is 12.1 Å². The molecule has 1 spiro atoms. The Bertz CT molecular complexity index is 856. The van der Waals surface area contributed by atoms with Crippen molar-refractivity contribution in [2.45, 2.75) is 71.4 Å². The number of halogens is 1. The topological polar surface area (TPSA) is 64.6 Å². The highest BCUT2D eigenvalue weighted by Gasteiger charge is 2.52. The van der Waals surface area contributed by atoms with Crippen molar-refractivity contribution in [2.24, 2.45) is 5.92 Å². The van der Waals surface area contributed by atoms with Crippen molar-refractivity contribution in [1.29, 1.82) is 0 Å². The molecule has 1 aromatic rings. The van der Waals surface area contributed by atoms with Crippen molar-refractivity contribution < 1.29 is 19.1 Å². The molecular weight excluding hydrogens is 390 g/mol. The first-order valence-electron chi connectivity index (χ1n) is 10.1. The largest absolute Gasteiger partial charge is 0.427 e. The molecule has 5 nitrogen and oxygen atoms in total. The van der Waals surface area contributed by atoms with Gasteiger partial charge in [-0.3, -0.25) is 9.59 Å². The van der Waals surface area contributed by atoms with Crippen LogP contribution < -0.4 is 5.32 Å². The smallest absolute Gasteiger partial charge is 0.313 e. The predicted octanol–water partition coefficient (Wildman–Crippen LogP) is 4.71. The Morgan fingerprint density at radius 3 is 2.17 bits per heavy atom. The number of hydrogen-bond acceptors (Lipinski definition) is 4. The zero-order chi connectivity index (χ0) is 21.6. The summed E-state index contributed by atoms with van der Waals surface area (Å²) in [5.41, 5.74) is 2.08. The molecule has 6 heteroatoms. The second kappa shape index (κ2) is 7.77. The van der Waals surface area contributed by atoms with Gasteiger partial charge in [0.1, 0.15) is 5.76 Å². The van der Waals surface area contributed by atoms with E-state index in [2.05, 4.69) is 12.2 Å². The summed E-state index contributed by atoms with van der Waals surface area (Å²) in [6.45, 7) is 9.51. The van der Waals surface area contributed by atoms with Gasteiger partial charge >= 0.3 is 5.97 Å². The maximum atomic E-state index is 13.2. The molecule has 2 aliphatic rings. The summed E-state index contributed by atoms with van der Waals surface area (Å²) in [5.74, 6) is -0.381. The summed E-state index contributed by atoms with van der Waals surface area (Å²) >= 11 is 6.20. The van der Waals surface area contributed by atoms with Gasteiger partial charge in [0.2, 0.25) is 0 Å². The normalized spacial score (nSPS) is 27.0. The van der Waals surface area contributed by atoms with Crippen LogP contribution in [0.5, 0.6) is 0 Å². The lowest BCUT2D eigenvalue weighted by atomic mass is 9.73. The Morgan fingerprint density at radius 1 is 1.14 bits per heavy atom. The van der Waals surface area contributed by atoms with Gasteiger partial charge in [0.05, 0.1) is 22.6 Å². The summed E-state index contributed by atoms with van der Waals surface area (Å²) in [4.78, 5) is 25.8. The van der Waals surface area contributed by atoms with Gasteiger partial charge < -0.3 is 14.8 Å². The maximum Gasteiger partial charge on any atom is 0.313 e. The molecular formula is C23H30ClNO4. The van der Waals surface area contributed by atoms with Crippen molar-refractivity contribution in [3.8, 4) is 0 Å². The van der Waals surface area contributed by atoms with Crippen molar-refractivity contribution in [3.63, 3.8) is 0 Å². The molecule has 29 heavy (non-hydrogen) atoms. The van der Waals surface area contributed by atoms with E-state index in [1.54, 1.807) is 21.0 Å². The van der Waals surface area contributed by atoms with Crippen LogP contribution in [0, 0.1) is 19.8 Å². The highest BCUT2D eigenvalue weighted by Crippen LogP contribution is 2.47. The number of esters is 1. The molecule has 0 unspecified atom stereocenters. The first-order valence-corrected chi connectivity index (χ1v) is 10.5. The average molecular weight is 420 g/mol. The molecule has 0 bridgehead atoms. The number of benzene rings is 1. The number of carbonyl (C=O) groups is 2. The van der Waals surface area contributed by atoms with Gasteiger partial charge in [-0.15, -0.1) is 0 Å². The van der Waals surface area contributed by atoms with E-state index in [1.807, 2.05) is 26.0 Å². The number of aryl methyl sites for hydroxylation is 2. The molecule has 1 N–H and O–H groups in total. The molecule has 0 saturated heterocycles. The fraction of sp³-hybridized carbons (Fsp3) is 0.565. The summed E-state index contributed by atoms with van der Waals surface area (Å²) in [7, 11) is 1.71. The average Bonchev–Trinajstić information content (AvgIpc) is 2.89. The minimum absolute atomic E-state index is 0.203. The SMILES string of the molecule is CO[C@]1(C)CC[C@]2(CC1)NC(=O)C(c1c(C)cc(Cl)cc1C)=C2OC(=O)C(C)C. The summed E-state index contributed by atoms with van der Waals surface area (Å²) < 4.78 is 11.6. The lowest BCUT2D eigenvalue weighted by molar-refractivity contribution is -0.145. The second-order valence-electron chi connectivity index (χ2n) is 8.88. The number of carbonyl (C=O) groups excluding carboxylic acids is 2. The van der Waals surface area contributed by atoms with E-state index in [4.69, 9.17) is 21.1 Å². The zero-order valence-electron chi connectivity index (χ0n) is 18.1. The van der Waals surface area contributed by atoms with Crippen molar-refractivity contribution in [3.05, 3.63) is 39.6 Å². The van der Waals surface area contributed by atoms with E-state index >= 15 is 0 Å². The van der Waals surface area contributed by atoms with E-state index in [1.165, 1.54) is 0 Å². The summed E-state index contributed by atoms with van der Waals surface area (Å²) in [5, 5.41) is 3.78. The van der Waals surface area contributed by atoms with E-state index < -0.39 is 5.54 Å². The maximum absolute atomic E-state index is 13.2. The van der Waals surface area contributed by atoms with E-state index in [9.17, 15) is 9.59 Å². The minimum atomic E-state index is -0.687. The van der Waals surface area contributed by atoms with Crippen LogP contribution in [-0.2, 0) is 19.1 Å². The Labute approximate surface area is 177 Å². The Kier molecular flexibility index (Phi) is 5.85. The molecule has 1 aliphatic heterocycles. The highest BCUT2D eigenvalue weighted by molar-refractivity contribution is 6.31. The van der Waals surface area contributed by atoms with Crippen LogP contribution in [0.15, 0.2) is 17.9 Å². The first-order chi connectivity index (χ1) is 13.5. The monoisotopic (exact) mass is 419 g/mol. The van der Waals surface area contributed by atoms with E-state index in [-0.39, 0.29) is 23.4 Å². The highest BCUT2D eigenvalue weighted by atomic mass is 35.5. The standard InChI is InChI=1S/C23H30ClNO4/c1-13(2)21(27)29-19-18(17-14(3)11-16(24)12-15(17)4)20(26)25-23(19)9-7-22(5,28-6)8-10-23/h11-13H,7-10H2,1-6H3,(H,25,26)/t22-,23-. The fourth-order valence-corrected chi connectivity index (χ4v) is 4.67. The molecule has 1 aliphatic carbocycles. The quantitative estimate of drug-likeness (QED) is 0.717. The minimum Gasteiger partial charge on any atom is -0.427 e. The molecule has 0 aromatic heterocycles. The Morgan fingerprint density at radius 2 is 1.69 bits per heavy atom. The van der Waals surface area contributed by atoms with Crippen LogP contribution >= 0.6 is 11.6 Å². The number of nitrogens with one attached hydrogen (secondary N) is 1. The number of amides is 1. The van der Waals surface area contributed by atoms with Gasteiger partial charge in [-0.05, 0) is 75.3 Å². The van der Waals surface area contributed by atoms with Crippen LogP contribution in [0.4, 0.5) is 0 Å². The molecule has 1 saturated carbocycles. The number of hydrogen-bond donors (Lipinski definition) is 1. The number of ether oxygens (including phenoxy) is 2.